The van der Waals surface area contributed by atoms with Crippen LogP contribution in [0.1, 0.15) is 49.9 Å². The van der Waals surface area contributed by atoms with Crippen LogP contribution >= 0.6 is 0 Å². The molecule has 6 heteroatoms. The second kappa shape index (κ2) is 7.10. The fraction of sp³-hybridized carbons (Fsp3) is 0.529. The molecule has 23 heavy (non-hydrogen) atoms. The zero-order valence-electron chi connectivity index (χ0n) is 13.9. The van der Waals surface area contributed by atoms with E-state index in [1.807, 2.05) is 6.07 Å². The predicted octanol–water partition coefficient (Wildman–Crippen LogP) is 2.83. The summed E-state index contributed by atoms with van der Waals surface area (Å²) in [6, 6.07) is 6.38. The number of rotatable bonds is 4. The van der Waals surface area contributed by atoms with Crippen LogP contribution in [0.3, 0.4) is 0 Å². The van der Waals surface area contributed by atoms with Crippen LogP contribution in [0.5, 0.6) is 0 Å². The van der Waals surface area contributed by atoms with Crippen LogP contribution in [0, 0.1) is 0 Å². The Labute approximate surface area is 136 Å². The van der Waals surface area contributed by atoms with Gasteiger partial charge in [0.25, 0.3) is 0 Å². The van der Waals surface area contributed by atoms with E-state index in [0.29, 0.717) is 24.3 Å². The smallest absolute Gasteiger partial charge is 0.408 e. The van der Waals surface area contributed by atoms with Gasteiger partial charge < -0.3 is 19.5 Å². The van der Waals surface area contributed by atoms with Crippen molar-refractivity contribution in [3.8, 4) is 0 Å². The van der Waals surface area contributed by atoms with Crippen molar-refractivity contribution in [3.63, 3.8) is 0 Å². The van der Waals surface area contributed by atoms with E-state index in [2.05, 4.69) is 5.32 Å². The summed E-state index contributed by atoms with van der Waals surface area (Å²) in [6.45, 7) is 7.92. The van der Waals surface area contributed by atoms with E-state index in [4.69, 9.17) is 14.2 Å². The van der Waals surface area contributed by atoms with Crippen LogP contribution < -0.4 is 5.32 Å². The lowest BCUT2D eigenvalue weighted by atomic mass is 9.99. The average molecular weight is 321 g/mol. The highest BCUT2D eigenvalue weighted by molar-refractivity contribution is 6.02. The van der Waals surface area contributed by atoms with Gasteiger partial charge in [0.2, 0.25) is 0 Å². The molecule has 0 saturated carbocycles. The monoisotopic (exact) mass is 321 g/mol. The molecule has 0 unspecified atom stereocenters. The minimum Gasteiger partial charge on any atom is -0.444 e. The number of benzene rings is 1. The minimum atomic E-state index is -0.715. The average Bonchev–Trinajstić information content (AvgIpc) is 2.98. The first-order chi connectivity index (χ1) is 10.8. The number of ether oxygens (including phenoxy) is 3. The number of ketones is 1. The summed E-state index contributed by atoms with van der Waals surface area (Å²) in [5, 5.41) is 2.56. The van der Waals surface area contributed by atoms with Crippen LogP contribution in [0.2, 0.25) is 0 Å². The lowest BCUT2D eigenvalue weighted by Gasteiger charge is -2.22. The molecule has 0 aliphatic carbocycles. The molecule has 1 aliphatic rings. The maximum atomic E-state index is 12.6. The maximum absolute atomic E-state index is 12.6. The van der Waals surface area contributed by atoms with Gasteiger partial charge in [-0.1, -0.05) is 24.3 Å². The molecule has 1 heterocycles. The molecule has 0 aromatic heterocycles. The third-order valence-corrected chi connectivity index (χ3v) is 3.23. The summed E-state index contributed by atoms with van der Waals surface area (Å²) in [4.78, 5) is 24.5. The number of hydrogen-bond donors (Lipinski definition) is 1. The van der Waals surface area contributed by atoms with Crippen LogP contribution in [0.4, 0.5) is 4.79 Å². The van der Waals surface area contributed by atoms with Gasteiger partial charge in [-0.3, -0.25) is 4.79 Å². The largest absolute Gasteiger partial charge is 0.444 e. The maximum Gasteiger partial charge on any atom is 0.408 e. The van der Waals surface area contributed by atoms with Gasteiger partial charge in [-0.15, -0.1) is 0 Å². The zero-order chi connectivity index (χ0) is 17.0. The standard InChI is InChI=1S/C17H23NO5/c1-11(18-16(20)23-17(2,3)4)14(19)12-7-5-6-8-13(12)15-21-9-10-22-15/h5-8,11,15H,9-10H2,1-4H3,(H,18,20)/t11-/m0/s1. The Hall–Kier alpha value is -1.92. The molecule has 1 N–H and O–H groups in total. The molecule has 1 atom stereocenters. The third kappa shape index (κ3) is 4.77. The fourth-order valence-electron chi connectivity index (χ4n) is 2.25. The number of hydrogen-bond acceptors (Lipinski definition) is 5. The molecule has 1 aromatic carbocycles. The van der Waals surface area contributed by atoms with Crippen LogP contribution in [0.25, 0.3) is 0 Å². The number of Topliss-reactive ketones (excluding diaryl/α,β-unsaturated/α-hetero) is 1. The SMILES string of the molecule is C[C@H](NC(=O)OC(C)(C)C)C(=O)c1ccccc1C1OCCO1. The van der Waals surface area contributed by atoms with Gasteiger partial charge in [-0.2, -0.15) is 0 Å². The van der Waals surface area contributed by atoms with Gasteiger partial charge in [0, 0.05) is 11.1 Å². The van der Waals surface area contributed by atoms with Crippen LogP contribution in [-0.4, -0.2) is 36.7 Å². The molecule has 0 spiro atoms. The Kier molecular flexibility index (Phi) is 5.38. The Morgan fingerprint density at radius 2 is 1.83 bits per heavy atom. The van der Waals surface area contributed by atoms with E-state index in [-0.39, 0.29) is 5.78 Å². The zero-order valence-corrected chi connectivity index (χ0v) is 13.9. The van der Waals surface area contributed by atoms with E-state index in [1.54, 1.807) is 45.9 Å². The highest BCUT2D eigenvalue weighted by atomic mass is 16.7. The van der Waals surface area contributed by atoms with Crippen molar-refractivity contribution >= 4 is 11.9 Å². The van der Waals surface area contributed by atoms with Crippen molar-refractivity contribution in [2.75, 3.05) is 13.2 Å². The number of nitrogens with one attached hydrogen (secondary N) is 1. The Bertz CT molecular complexity index is 573. The lowest BCUT2D eigenvalue weighted by Crippen LogP contribution is -2.42. The number of alkyl carbamates (subject to hydrolysis) is 1. The summed E-state index contributed by atoms with van der Waals surface area (Å²) in [5.41, 5.74) is 0.534. The van der Waals surface area contributed by atoms with Crippen LogP contribution in [0.15, 0.2) is 24.3 Å². The van der Waals surface area contributed by atoms with Crippen molar-refractivity contribution in [3.05, 3.63) is 35.4 Å². The van der Waals surface area contributed by atoms with Crippen molar-refractivity contribution in [2.24, 2.45) is 0 Å². The van der Waals surface area contributed by atoms with E-state index in [0.717, 1.165) is 0 Å². The van der Waals surface area contributed by atoms with E-state index < -0.39 is 24.0 Å². The summed E-state index contributed by atoms with van der Waals surface area (Å²) in [7, 11) is 0. The molecule has 1 saturated heterocycles. The van der Waals surface area contributed by atoms with Gasteiger partial charge >= 0.3 is 6.09 Å². The minimum absolute atomic E-state index is 0.217. The van der Waals surface area contributed by atoms with Crippen molar-refractivity contribution in [2.45, 2.75) is 45.6 Å². The first-order valence-corrected chi connectivity index (χ1v) is 7.64. The predicted molar refractivity (Wildman–Crippen MR) is 84.2 cm³/mol. The Morgan fingerprint density at radius 3 is 2.43 bits per heavy atom. The van der Waals surface area contributed by atoms with Gasteiger partial charge in [0.15, 0.2) is 12.1 Å². The first kappa shape index (κ1) is 17.4. The summed E-state index contributed by atoms with van der Waals surface area (Å²) >= 11 is 0. The highest BCUT2D eigenvalue weighted by Crippen LogP contribution is 2.27. The molecule has 126 valence electrons. The summed E-state index contributed by atoms with van der Waals surface area (Å²) in [6.07, 6.45) is -1.16. The Morgan fingerprint density at radius 1 is 1.22 bits per heavy atom. The quantitative estimate of drug-likeness (QED) is 0.863. The normalized spacial score (nSPS) is 16.9. The number of carbonyl (C=O) groups is 2. The number of amides is 1. The van der Waals surface area contributed by atoms with Crippen molar-refractivity contribution in [1.29, 1.82) is 0 Å². The van der Waals surface area contributed by atoms with Crippen LogP contribution in [-0.2, 0) is 14.2 Å². The second-order valence-corrected chi connectivity index (χ2v) is 6.39. The van der Waals surface area contributed by atoms with E-state index in [9.17, 15) is 9.59 Å². The molecular weight excluding hydrogens is 298 g/mol. The van der Waals surface area contributed by atoms with Gasteiger partial charge in [-0.25, -0.2) is 4.79 Å². The summed E-state index contributed by atoms with van der Waals surface area (Å²) < 4.78 is 16.1. The van der Waals surface area contributed by atoms with E-state index >= 15 is 0 Å². The van der Waals surface area contributed by atoms with Crippen molar-refractivity contribution < 1.29 is 23.8 Å². The Balaban J connectivity index is 2.09. The molecule has 0 bridgehead atoms. The first-order valence-electron chi connectivity index (χ1n) is 7.64. The molecule has 1 fully saturated rings. The molecule has 1 amide bonds. The highest BCUT2D eigenvalue weighted by Gasteiger charge is 2.27. The number of carbonyl (C=O) groups excluding carboxylic acids is 2. The molecule has 0 radical (unpaired) electrons. The van der Waals surface area contributed by atoms with Gasteiger partial charge in [-0.05, 0) is 27.7 Å². The topological polar surface area (TPSA) is 73.9 Å². The van der Waals surface area contributed by atoms with Crippen molar-refractivity contribution in [1.82, 2.24) is 5.32 Å². The lowest BCUT2D eigenvalue weighted by molar-refractivity contribution is -0.0445. The van der Waals surface area contributed by atoms with Gasteiger partial charge in [0.1, 0.15) is 5.60 Å². The summed E-state index contributed by atoms with van der Waals surface area (Å²) in [5.74, 6) is -0.217. The second-order valence-electron chi connectivity index (χ2n) is 6.39. The molecule has 6 nitrogen and oxygen atoms in total. The molecule has 1 aromatic rings. The fourth-order valence-corrected chi connectivity index (χ4v) is 2.25. The molecule has 1 aliphatic heterocycles. The third-order valence-electron chi connectivity index (χ3n) is 3.23. The van der Waals surface area contributed by atoms with Gasteiger partial charge in [0.05, 0.1) is 19.3 Å². The van der Waals surface area contributed by atoms with E-state index in [1.165, 1.54) is 0 Å². The molecule has 2 rings (SSSR count). The molecular formula is C17H23NO5.